The van der Waals surface area contributed by atoms with Crippen molar-refractivity contribution in [3.8, 4) is 11.3 Å². The molecule has 0 spiro atoms. The molecule has 0 fully saturated rings. The largest absolute Gasteiger partial charge is 0.483 e. The van der Waals surface area contributed by atoms with Crippen LogP contribution in [0.1, 0.15) is 47.9 Å². The van der Waals surface area contributed by atoms with Crippen LogP contribution in [0.25, 0.3) is 11.3 Å². The molecule has 2 aromatic carbocycles. The lowest BCUT2D eigenvalue weighted by molar-refractivity contribution is 0.00750. The number of fused-ring (bicyclic) bond motifs is 1. The van der Waals surface area contributed by atoms with Crippen LogP contribution in [0, 0.1) is 0 Å². The lowest BCUT2D eigenvalue weighted by Gasteiger charge is -2.40. The number of nitrogens with one attached hydrogen (secondary N) is 1. The van der Waals surface area contributed by atoms with Gasteiger partial charge in [-0.1, -0.05) is 41.6 Å². The van der Waals surface area contributed by atoms with E-state index in [9.17, 15) is 9.59 Å². The summed E-state index contributed by atoms with van der Waals surface area (Å²) in [5.74, 6) is -0.241. The molecule has 162 valence electrons. The number of ether oxygens (including phenoxy) is 1. The summed E-state index contributed by atoms with van der Waals surface area (Å²) in [5.41, 5.74) is 3.16. The third-order valence-electron chi connectivity index (χ3n) is 5.90. The fourth-order valence-electron chi connectivity index (χ4n) is 4.38. The van der Waals surface area contributed by atoms with Gasteiger partial charge in [0.05, 0.1) is 17.8 Å². The van der Waals surface area contributed by atoms with Crippen LogP contribution in [0.15, 0.2) is 66.1 Å². The molecule has 0 saturated heterocycles. The summed E-state index contributed by atoms with van der Waals surface area (Å²) in [4.78, 5) is 26.6. The van der Waals surface area contributed by atoms with Crippen LogP contribution in [0.2, 0.25) is 0 Å². The molecule has 1 atom stereocenters. The molecule has 1 aliphatic carbocycles. The molecule has 0 amide bonds. The zero-order chi connectivity index (χ0) is 22.5. The van der Waals surface area contributed by atoms with Crippen molar-refractivity contribution < 1.29 is 14.3 Å². The first kappa shape index (κ1) is 20.2. The molecule has 2 aliphatic rings. The van der Waals surface area contributed by atoms with Crippen LogP contribution < -0.4 is 5.32 Å². The number of ketones is 2. The van der Waals surface area contributed by atoms with Crippen LogP contribution in [0.5, 0.6) is 0 Å². The molecule has 5 rings (SSSR count). The number of rotatable bonds is 4. The van der Waals surface area contributed by atoms with Crippen LogP contribution in [-0.4, -0.2) is 38.2 Å². The molecule has 1 N–H and O–H groups in total. The van der Waals surface area contributed by atoms with E-state index in [-0.39, 0.29) is 23.4 Å². The van der Waals surface area contributed by atoms with Crippen molar-refractivity contribution in [2.24, 2.45) is 0 Å². The predicted molar refractivity (Wildman–Crippen MR) is 120 cm³/mol. The van der Waals surface area contributed by atoms with Gasteiger partial charge in [0.25, 0.3) is 0 Å². The monoisotopic (exact) mass is 428 g/mol. The van der Waals surface area contributed by atoms with Gasteiger partial charge < -0.3 is 10.1 Å². The zero-order valence-electron chi connectivity index (χ0n) is 18.3. The third kappa shape index (κ3) is 3.39. The van der Waals surface area contributed by atoms with Crippen LogP contribution in [0.4, 0.5) is 5.69 Å². The second kappa shape index (κ2) is 7.44. The van der Waals surface area contributed by atoms with Crippen molar-refractivity contribution in [1.29, 1.82) is 0 Å². The number of Topliss-reactive ketones (excluding diaryl/α,β-unsaturated/α-hetero) is 2. The van der Waals surface area contributed by atoms with E-state index in [0.717, 1.165) is 23.5 Å². The Labute approximate surface area is 186 Å². The lowest BCUT2D eigenvalue weighted by Crippen LogP contribution is -2.45. The van der Waals surface area contributed by atoms with Gasteiger partial charge in [-0.15, -0.1) is 5.10 Å². The van der Waals surface area contributed by atoms with Crippen molar-refractivity contribution in [2.75, 3.05) is 5.32 Å². The molecule has 0 radical (unpaired) electrons. The minimum Gasteiger partial charge on any atom is -0.483 e. The molecule has 7 heteroatoms. The van der Waals surface area contributed by atoms with E-state index in [1.807, 2.05) is 51.2 Å². The maximum atomic E-state index is 13.4. The average Bonchev–Trinajstić information content (AvgIpc) is 3.26. The maximum Gasteiger partial charge on any atom is 0.228 e. The van der Waals surface area contributed by atoms with Gasteiger partial charge in [-0.3, -0.25) is 14.3 Å². The topological polar surface area (TPSA) is 86.1 Å². The SMILES string of the molecule is CCn1cc(-c2cccc(NC3CC(C)(C)OC4=C3C(=O)c3ccccc3C4=O)c2)nn1. The second-order valence-corrected chi connectivity index (χ2v) is 8.75. The van der Waals surface area contributed by atoms with Crippen LogP contribution >= 0.6 is 0 Å². The van der Waals surface area contributed by atoms with Crippen molar-refractivity contribution in [3.63, 3.8) is 0 Å². The smallest absolute Gasteiger partial charge is 0.228 e. The first-order valence-corrected chi connectivity index (χ1v) is 10.7. The number of carbonyl (C=O) groups excluding carboxylic acids is 2. The number of benzene rings is 2. The standard InChI is InChI=1S/C25H24N4O3/c1-4-29-14-20(27-28-29)15-8-7-9-16(12-15)26-19-13-25(2,3)32-24-21(19)22(30)17-10-5-6-11-18(17)23(24)31/h5-12,14,19,26H,4,13H2,1-3H3. The highest BCUT2D eigenvalue weighted by Crippen LogP contribution is 2.39. The highest BCUT2D eigenvalue weighted by atomic mass is 16.5. The molecular formula is C25H24N4O3. The van der Waals surface area contributed by atoms with Crippen LogP contribution in [0.3, 0.4) is 0 Å². The van der Waals surface area contributed by atoms with Gasteiger partial charge in [-0.05, 0) is 32.9 Å². The lowest BCUT2D eigenvalue weighted by atomic mass is 9.79. The Balaban J connectivity index is 1.52. The summed E-state index contributed by atoms with van der Waals surface area (Å²) in [7, 11) is 0. The Morgan fingerprint density at radius 3 is 2.56 bits per heavy atom. The maximum absolute atomic E-state index is 13.4. The van der Waals surface area contributed by atoms with E-state index in [1.165, 1.54) is 0 Å². The molecule has 7 nitrogen and oxygen atoms in total. The van der Waals surface area contributed by atoms with Gasteiger partial charge in [0.1, 0.15) is 11.3 Å². The number of hydrogen-bond acceptors (Lipinski definition) is 6. The Morgan fingerprint density at radius 1 is 1.09 bits per heavy atom. The highest BCUT2D eigenvalue weighted by molar-refractivity contribution is 6.26. The molecule has 1 unspecified atom stereocenters. The number of aromatic nitrogens is 3. The molecule has 1 aromatic heterocycles. The Hall–Kier alpha value is -3.74. The van der Waals surface area contributed by atoms with Crippen molar-refractivity contribution >= 4 is 17.3 Å². The van der Waals surface area contributed by atoms with E-state index in [0.29, 0.717) is 23.1 Å². The van der Waals surface area contributed by atoms with Crippen LogP contribution in [-0.2, 0) is 11.3 Å². The summed E-state index contributed by atoms with van der Waals surface area (Å²) in [6, 6.07) is 14.4. The first-order valence-electron chi connectivity index (χ1n) is 10.7. The van der Waals surface area contributed by atoms with Crippen molar-refractivity contribution in [2.45, 2.75) is 45.4 Å². The number of anilines is 1. The van der Waals surface area contributed by atoms with E-state index >= 15 is 0 Å². The Morgan fingerprint density at radius 2 is 1.84 bits per heavy atom. The molecule has 3 aromatic rings. The second-order valence-electron chi connectivity index (χ2n) is 8.75. The van der Waals surface area contributed by atoms with E-state index < -0.39 is 5.60 Å². The number of carbonyl (C=O) groups is 2. The normalized spacial score (nSPS) is 19.3. The van der Waals surface area contributed by atoms with Gasteiger partial charge in [0.2, 0.25) is 5.78 Å². The predicted octanol–water partition coefficient (Wildman–Crippen LogP) is 4.28. The Kier molecular flexibility index (Phi) is 4.69. The Bertz CT molecular complexity index is 1270. The molecular weight excluding hydrogens is 404 g/mol. The number of hydrogen-bond donors (Lipinski definition) is 1. The number of nitrogens with zero attached hydrogens (tertiary/aromatic N) is 3. The third-order valence-corrected chi connectivity index (χ3v) is 5.90. The van der Waals surface area contributed by atoms with E-state index in [4.69, 9.17) is 4.74 Å². The first-order chi connectivity index (χ1) is 15.4. The molecule has 2 heterocycles. The van der Waals surface area contributed by atoms with Gasteiger partial charge in [0, 0.05) is 35.3 Å². The average molecular weight is 428 g/mol. The molecule has 0 bridgehead atoms. The molecule has 0 saturated carbocycles. The van der Waals surface area contributed by atoms with Crippen molar-refractivity contribution in [1.82, 2.24) is 15.0 Å². The molecule has 32 heavy (non-hydrogen) atoms. The van der Waals surface area contributed by atoms with E-state index in [2.05, 4.69) is 15.6 Å². The summed E-state index contributed by atoms with van der Waals surface area (Å²) in [5, 5.41) is 11.8. The van der Waals surface area contributed by atoms with Gasteiger partial charge >= 0.3 is 0 Å². The fourth-order valence-corrected chi connectivity index (χ4v) is 4.38. The van der Waals surface area contributed by atoms with Crippen molar-refractivity contribution in [3.05, 3.63) is 77.2 Å². The number of allylic oxidation sites excluding steroid dienone is 1. The van der Waals surface area contributed by atoms with E-state index in [1.54, 1.807) is 28.9 Å². The minimum absolute atomic E-state index is 0.157. The molecule has 1 aliphatic heterocycles. The van der Waals surface area contributed by atoms with Gasteiger partial charge in [0.15, 0.2) is 11.5 Å². The summed E-state index contributed by atoms with van der Waals surface area (Å²) < 4.78 is 7.82. The van der Waals surface area contributed by atoms with Gasteiger partial charge in [-0.25, -0.2) is 0 Å². The zero-order valence-corrected chi connectivity index (χ0v) is 18.3. The number of aryl methyl sites for hydroxylation is 1. The van der Waals surface area contributed by atoms with Gasteiger partial charge in [-0.2, -0.15) is 0 Å². The highest BCUT2D eigenvalue weighted by Gasteiger charge is 2.45. The summed E-state index contributed by atoms with van der Waals surface area (Å²) in [6.07, 6.45) is 2.45. The fraction of sp³-hybridized carbons (Fsp3) is 0.280. The summed E-state index contributed by atoms with van der Waals surface area (Å²) >= 11 is 0. The quantitative estimate of drug-likeness (QED) is 0.668. The summed E-state index contributed by atoms with van der Waals surface area (Å²) in [6.45, 7) is 6.62. The minimum atomic E-state index is -0.597.